The van der Waals surface area contributed by atoms with Crippen LogP contribution in [0.5, 0.6) is 5.75 Å². The van der Waals surface area contributed by atoms with Crippen molar-refractivity contribution in [3.05, 3.63) is 59.2 Å². The Kier molecular flexibility index (Phi) is 10.4. The lowest BCUT2D eigenvalue weighted by Crippen LogP contribution is -2.17. The quantitative estimate of drug-likeness (QED) is 0.246. The summed E-state index contributed by atoms with van der Waals surface area (Å²) in [5.74, 6) is 2.30. The van der Waals surface area contributed by atoms with Crippen molar-refractivity contribution in [1.29, 1.82) is 0 Å². The van der Waals surface area contributed by atoms with Crippen LogP contribution in [0.15, 0.2) is 47.4 Å². The second-order valence-electron chi connectivity index (χ2n) is 7.02. The number of ether oxygens (including phenoxy) is 2. The molecular formula is C23H29F3O2S2. The fourth-order valence-electron chi connectivity index (χ4n) is 2.84. The highest BCUT2D eigenvalue weighted by molar-refractivity contribution is 7.99. The molecule has 0 saturated heterocycles. The first-order valence-corrected chi connectivity index (χ1v) is 12.3. The molecule has 0 aliphatic carbocycles. The first-order chi connectivity index (χ1) is 14.3. The summed E-state index contributed by atoms with van der Waals surface area (Å²) in [6.45, 7) is 4.84. The van der Waals surface area contributed by atoms with Crippen LogP contribution >= 0.6 is 23.5 Å². The summed E-state index contributed by atoms with van der Waals surface area (Å²) in [7, 11) is 0. The molecule has 30 heavy (non-hydrogen) atoms. The van der Waals surface area contributed by atoms with Crippen LogP contribution in [0.4, 0.5) is 13.2 Å². The predicted octanol–water partition coefficient (Wildman–Crippen LogP) is 7.23. The number of halogens is 3. The SMILES string of the molecule is CCCOc1ccc(SCC(CCc2ccc(C(F)(F)F)cc2)OCSC)cc1C. The highest BCUT2D eigenvalue weighted by Crippen LogP contribution is 2.30. The molecule has 0 heterocycles. The number of aryl methyl sites for hydroxylation is 2. The van der Waals surface area contributed by atoms with Gasteiger partial charge in [-0.3, -0.25) is 0 Å². The summed E-state index contributed by atoms with van der Waals surface area (Å²) in [6.07, 6.45) is 0.132. The second kappa shape index (κ2) is 12.5. The molecule has 0 aromatic heterocycles. The maximum atomic E-state index is 12.7. The monoisotopic (exact) mass is 458 g/mol. The highest BCUT2D eigenvalue weighted by Gasteiger charge is 2.29. The van der Waals surface area contributed by atoms with Crippen LogP contribution in [0.2, 0.25) is 0 Å². The van der Waals surface area contributed by atoms with Gasteiger partial charge in [0, 0.05) is 10.6 Å². The Hall–Kier alpha value is -1.31. The molecule has 7 heteroatoms. The molecule has 0 N–H and O–H groups in total. The van der Waals surface area contributed by atoms with Gasteiger partial charge in [0.1, 0.15) is 5.75 Å². The van der Waals surface area contributed by atoms with Crippen molar-refractivity contribution in [2.24, 2.45) is 0 Å². The number of rotatable bonds is 12. The van der Waals surface area contributed by atoms with Crippen LogP contribution in [0.25, 0.3) is 0 Å². The molecule has 0 aliphatic rings. The van der Waals surface area contributed by atoms with Crippen molar-refractivity contribution < 1.29 is 22.6 Å². The van der Waals surface area contributed by atoms with Crippen molar-refractivity contribution in [1.82, 2.24) is 0 Å². The maximum absolute atomic E-state index is 12.7. The summed E-state index contributed by atoms with van der Waals surface area (Å²) < 4.78 is 49.8. The Balaban J connectivity index is 1.91. The molecule has 0 radical (unpaired) electrons. The standard InChI is InChI=1S/C23H29F3O2S2/c1-4-13-27-22-12-11-21(14-17(22)2)30-15-20(28-16-29-3)10-7-18-5-8-19(9-6-18)23(24,25)26/h5-6,8-9,11-12,14,20H,4,7,10,13,15-16H2,1-3H3. The predicted molar refractivity (Wildman–Crippen MR) is 121 cm³/mol. The summed E-state index contributed by atoms with van der Waals surface area (Å²) in [5.41, 5.74) is 1.39. The van der Waals surface area contributed by atoms with Gasteiger partial charge in [-0.2, -0.15) is 13.2 Å². The Labute approximate surface area is 185 Å². The van der Waals surface area contributed by atoms with Gasteiger partial charge in [0.2, 0.25) is 0 Å². The summed E-state index contributed by atoms with van der Waals surface area (Å²) >= 11 is 3.34. The lowest BCUT2D eigenvalue weighted by atomic mass is 10.1. The molecule has 0 aliphatic heterocycles. The van der Waals surface area contributed by atoms with Gasteiger partial charge in [-0.15, -0.1) is 23.5 Å². The molecular weight excluding hydrogens is 429 g/mol. The van der Waals surface area contributed by atoms with Gasteiger partial charge < -0.3 is 9.47 Å². The minimum atomic E-state index is -4.30. The van der Waals surface area contributed by atoms with Gasteiger partial charge in [0.05, 0.1) is 24.2 Å². The average Bonchev–Trinajstić information content (AvgIpc) is 2.72. The van der Waals surface area contributed by atoms with E-state index in [0.29, 0.717) is 19.0 Å². The van der Waals surface area contributed by atoms with Gasteiger partial charge in [0.15, 0.2) is 0 Å². The van der Waals surface area contributed by atoms with E-state index < -0.39 is 11.7 Å². The zero-order valence-electron chi connectivity index (χ0n) is 17.6. The van der Waals surface area contributed by atoms with E-state index in [-0.39, 0.29) is 6.10 Å². The van der Waals surface area contributed by atoms with E-state index in [9.17, 15) is 13.2 Å². The van der Waals surface area contributed by atoms with E-state index in [1.165, 1.54) is 0 Å². The van der Waals surface area contributed by atoms with E-state index in [4.69, 9.17) is 9.47 Å². The van der Waals surface area contributed by atoms with Crippen LogP contribution in [0.1, 0.15) is 36.5 Å². The Morgan fingerprint density at radius 2 is 1.80 bits per heavy atom. The third kappa shape index (κ3) is 8.44. The molecule has 0 spiro atoms. The van der Waals surface area contributed by atoms with Gasteiger partial charge in [-0.25, -0.2) is 0 Å². The molecule has 0 fully saturated rings. The van der Waals surface area contributed by atoms with Crippen LogP contribution in [-0.4, -0.2) is 30.7 Å². The summed E-state index contributed by atoms with van der Waals surface area (Å²) in [5, 5.41) is 0. The van der Waals surface area contributed by atoms with E-state index in [2.05, 4.69) is 19.1 Å². The zero-order valence-corrected chi connectivity index (χ0v) is 19.3. The fourth-order valence-corrected chi connectivity index (χ4v) is 4.24. The van der Waals surface area contributed by atoms with Gasteiger partial charge in [-0.05, 0) is 73.9 Å². The normalized spacial score (nSPS) is 12.7. The average molecular weight is 459 g/mol. The number of hydrogen-bond acceptors (Lipinski definition) is 4. The van der Waals surface area contributed by atoms with Crippen LogP contribution < -0.4 is 4.74 Å². The first-order valence-electron chi connectivity index (χ1n) is 9.96. The lowest BCUT2D eigenvalue weighted by Gasteiger charge is -2.18. The fraction of sp³-hybridized carbons (Fsp3) is 0.478. The molecule has 2 aromatic rings. The van der Waals surface area contributed by atoms with Crippen LogP contribution in [-0.2, 0) is 17.3 Å². The van der Waals surface area contributed by atoms with Crippen LogP contribution in [0.3, 0.4) is 0 Å². The van der Waals surface area contributed by atoms with Gasteiger partial charge in [0.25, 0.3) is 0 Å². The number of benzene rings is 2. The summed E-state index contributed by atoms with van der Waals surface area (Å²) in [4.78, 5) is 1.16. The zero-order chi connectivity index (χ0) is 22.0. The molecule has 1 unspecified atom stereocenters. The van der Waals surface area contributed by atoms with Crippen molar-refractivity contribution in [3.63, 3.8) is 0 Å². The Morgan fingerprint density at radius 3 is 2.40 bits per heavy atom. The topological polar surface area (TPSA) is 18.5 Å². The molecule has 2 nitrogen and oxygen atoms in total. The first kappa shape index (κ1) is 25.0. The van der Waals surface area contributed by atoms with E-state index in [1.54, 1.807) is 35.7 Å². The lowest BCUT2D eigenvalue weighted by molar-refractivity contribution is -0.137. The van der Waals surface area contributed by atoms with Gasteiger partial charge >= 0.3 is 6.18 Å². The largest absolute Gasteiger partial charge is 0.493 e. The molecule has 0 amide bonds. The van der Waals surface area contributed by atoms with Crippen molar-refractivity contribution in [2.45, 2.75) is 50.3 Å². The van der Waals surface area contributed by atoms with Crippen molar-refractivity contribution >= 4 is 23.5 Å². The van der Waals surface area contributed by atoms with Gasteiger partial charge in [-0.1, -0.05) is 19.1 Å². The molecule has 166 valence electrons. The smallest absolute Gasteiger partial charge is 0.416 e. The number of hydrogen-bond donors (Lipinski definition) is 0. The van der Waals surface area contributed by atoms with E-state index >= 15 is 0 Å². The maximum Gasteiger partial charge on any atom is 0.416 e. The molecule has 2 aromatic carbocycles. The number of thioether (sulfide) groups is 2. The third-order valence-corrected chi connectivity index (χ3v) is 6.00. The number of alkyl halides is 3. The Bertz CT molecular complexity index is 764. The summed E-state index contributed by atoms with van der Waals surface area (Å²) in [6, 6.07) is 11.6. The minimum absolute atomic E-state index is 0.0288. The minimum Gasteiger partial charge on any atom is -0.493 e. The molecule has 0 saturated carbocycles. The molecule has 1 atom stereocenters. The van der Waals surface area contributed by atoms with Crippen molar-refractivity contribution in [3.8, 4) is 5.75 Å². The second-order valence-corrected chi connectivity index (χ2v) is 8.92. The van der Waals surface area contributed by atoms with E-state index in [1.807, 2.05) is 19.2 Å². The third-order valence-electron chi connectivity index (χ3n) is 4.50. The van der Waals surface area contributed by atoms with Crippen LogP contribution in [0, 0.1) is 6.92 Å². The van der Waals surface area contributed by atoms with Crippen molar-refractivity contribution in [2.75, 3.05) is 24.6 Å². The molecule has 2 rings (SSSR count). The highest BCUT2D eigenvalue weighted by atomic mass is 32.2. The Morgan fingerprint density at radius 1 is 1.07 bits per heavy atom. The van der Waals surface area contributed by atoms with E-state index in [0.717, 1.165) is 52.5 Å². The molecule has 0 bridgehead atoms.